The first kappa shape index (κ1) is 25.1. The molecule has 4 rings (SSSR count). The monoisotopic (exact) mass is 505 g/mol. The molecular formula is C28H28ClN3O2S. The van der Waals surface area contributed by atoms with Crippen LogP contribution in [-0.2, 0) is 9.59 Å². The first-order valence-electron chi connectivity index (χ1n) is 11.5. The quantitative estimate of drug-likeness (QED) is 0.491. The Balaban J connectivity index is 1.65. The molecule has 2 N–H and O–H groups in total. The zero-order chi connectivity index (χ0) is 25.3. The Morgan fingerprint density at radius 3 is 2.60 bits per heavy atom. The van der Waals surface area contributed by atoms with Gasteiger partial charge in [0, 0.05) is 28.4 Å². The van der Waals surface area contributed by atoms with Crippen molar-refractivity contribution < 1.29 is 9.59 Å². The third kappa shape index (κ3) is 5.32. The van der Waals surface area contributed by atoms with E-state index in [4.69, 9.17) is 11.6 Å². The topological polar surface area (TPSA) is 82.0 Å². The number of carbonyl (C=O) groups excluding carboxylic acids is 2. The van der Waals surface area contributed by atoms with Crippen LogP contribution in [0.2, 0.25) is 5.02 Å². The predicted octanol–water partition coefficient (Wildman–Crippen LogP) is 6.39. The number of amides is 1. The number of aryl methyl sites for hydroxylation is 1. The van der Waals surface area contributed by atoms with Gasteiger partial charge in [-0.25, -0.2) is 0 Å². The van der Waals surface area contributed by atoms with Crippen molar-refractivity contribution in [1.29, 1.82) is 5.26 Å². The fourth-order valence-electron chi connectivity index (χ4n) is 4.69. The molecule has 1 amide bonds. The summed E-state index contributed by atoms with van der Waals surface area (Å²) >= 11 is 7.40. The zero-order valence-corrected chi connectivity index (χ0v) is 21.9. The van der Waals surface area contributed by atoms with E-state index in [-0.39, 0.29) is 22.9 Å². The van der Waals surface area contributed by atoms with Gasteiger partial charge in [-0.15, -0.1) is 0 Å². The van der Waals surface area contributed by atoms with E-state index in [1.54, 1.807) is 12.1 Å². The molecule has 1 heterocycles. The third-order valence-electron chi connectivity index (χ3n) is 6.56. The summed E-state index contributed by atoms with van der Waals surface area (Å²) in [5.41, 5.74) is 5.50. The molecular weight excluding hydrogens is 478 g/mol. The van der Waals surface area contributed by atoms with Crippen molar-refractivity contribution in [2.24, 2.45) is 5.41 Å². The molecule has 1 aliphatic heterocycles. The fraction of sp³-hybridized carbons (Fsp3) is 0.321. The van der Waals surface area contributed by atoms with Crippen molar-refractivity contribution in [3.63, 3.8) is 0 Å². The highest BCUT2D eigenvalue weighted by molar-refractivity contribution is 8.03. The van der Waals surface area contributed by atoms with E-state index in [1.165, 1.54) is 11.8 Å². The lowest BCUT2D eigenvalue weighted by Crippen LogP contribution is -2.37. The lowest BCUT2D eigenvalue weighted by molar-refractivity contribution is -0.118. The van der Waals surface area contributed by atoms with Crippen molar-refractivity contribution in [2.75, 3.05) is 11.1 Å². The molecule has 7 heteroatoms. The molecule has 2 aromatic rings. The van der Waals surface area contributed by atoms with E-state index >= 15 is 0 Å². The molecule has 5 nitrogen and oxygen atoms in total. The Morgan fingerprint density at radius 2 is 1.91 bits per heavy atom. The summed E-state index contributed by atoms with van der Waals surface area (Å²) < 4.78 is 0. The number of thioether (sulfide) groups is 1. The van der Waals surface area contributed by atoms with E-state index in [0.29, 0.717) is 34.0 Å². The molecule has 0 bridgehead atoms. The molecule has 0 radical (unpaired) electrons. The Hall–Kier alpha value is -3.01. The molecule has 0 spiro atoms. The molecule has 2 aromatic carbocycles. The normalized spacial score (nSPS) is 19.1. The lowest BCUT2D eigenvalue weighted by atomic mass is 9.69. The SMILES string of the molecule is Cc1cccc(NC(=O)CSC2=C(C#N)[C@H](c3ccc(Cl)cc3)C3=C(CC(C)(C)CC3=O)N2)c1C. The average molecular weight is 506 g/mol. The second kappa shape index (κ2) is 9.93. The van der Waals surface area contributed by atoms with E-state index in [1.807, 2.05) is 44.2 Å². The number of halogens is 1. The lowest BCUT2D eigenvalue weighted by Gasteiger charge is -2.39. The summed E-state index contributed by atoms with van der Waals surface area (Å²) in [5.74, 6) is -0.457. The molecule has 1 atom stereocenters. The number of ketones is 1. The van der Waals surface area contributed by atoms with Gasteiger partial charge in [-0.1, -0.05) is 61.5 Å². The number of nitrogens with zero attached hydrogens (tertiary/aromatic N) is 1. The highest BCUT2D eigenvalue weighted by atomic mass is 35.5. The van der Waals surface area contributed by atoms with Gasteiger partial charge in [-0.2, -0.15) is 5.26 Å². The smallest absolute Gasteiger partial charge is 0.234 e. The van der Waals surface area contributed by atoms with Gasteiger partial charge in [0.1, 0.15) is 0 Å². The van der Waals surface area contributed by atoms with E-state index in [0.717, 1.165) is 28.1 Å². The number of nitrogens with one attached hydrogen (secondary N) is 2. The van der Waals surface area contributed by atoms with Crippen LogP contribution in [0.3, 0.4) is 0 Å². The molecule has 0 unspecified atom stereocenters. The van der Waals surface area contributed by atoms with Crippen molar-refractivity contribution in [1.82, 2.24) is 5.32 Å². The van der Waals surface area contributed by atoms with E-state index in [2.05, 4.69) is 30.6 Å². The largest absolute Gasteiger partial charge is 0.352 e. The Bertz CT molecular complexity index is 1300. The molecule has 2 aliphatic rings. The Morgan fingerprint density at radius 1 is 1.20 bits per heavy atom. The van der Waals surface area contributed by atoms with Gasteiger partial charge in [0.2, 0.25) is 5.91 Å². The molecule has 0 fully saturated rings. The number of nitriles is 1. The fourth-order valence-corrected chi connectivity index (χ4v) is 5.68. The van der Waals surface area contributed by atoms with Gasteiger partial charge in [-0.3, -0.25) is 9.59 Å². The second-order valence-electron chi connectivity index (χ2n) is 9.88. The predicted molar refractivity (Wildman–Crippen MR) is 142 cm³/mol. The zero-order valence-electron chi connectivity index (χ0n) is 20.3. The van der Waals surface area contributed by atoms with Crippen LogP contribution >= 0.6 is 23.4 Å². The van der Waals surface area contributed by atoms with Gasteiger partial charge >= 0.3 is 0 Å². The molecule has 0 saturated carbocycles. The number of hydrogen-bond acceptors (Lipinski definition) is 5. The minimum atomic E-state index is -0.485. The maximum absolute atomic E-state index is 13.3. The van der Waals surface area contributed by atoms with Crippen LogP contribution in [0.15, 0.2) is 64.3 Å². The molecule has 0 aromatic heterocycles. The van der Waals surface area contributed by atoms with Crippen molar-refractivity contribution >= 4 is 40.7 Å². The summed E-state index contributed by atoms with van der Waals surface area (Å²) in [6.45, 7) is 8.12. The van der Waals surface area contributed by atoms with Crippen molar-refractivity contribution in [3.05, 3.63) is 86.0 Å². The Labute approximate surface area is 215 Å². The summed E-state index contributed by atoms with van der Waals surface area (Å²) in [5, 5.41) is 17.7. The first-order chi connectivity index (χ1) is 16.6. The molecule has 35 heavy (non-hydrogen) atoms. The van der Waals surface area contributed by atoms with Crippen LogP contribution < -0.4 is 10.6 Å². The van der Waals surface area contributed by atoms with E-state index < -0.39 is 5.92 Å². The van der Waals surface area contributed by atoms with E-state index in [9.17, 15) is 14.9 Å². The second-order valence-corrected chi connectivity index (χ2v) is 11.3. The Kier molecular flexibility index (Phi) is 7.12. The minimum Gasteiger partial charge on any atom is -0.352 e. The van der Waals surface area contributed by atoms with Crippen LogP contribution in [0.4, 0.5) is 5.69 Å². The number of benzene rings is 2. The highest BCUT2D eigenvalue weighted by Gasteiger charge is 2.41. The average Bonchev–Trinajstić information content (AvgIpc) is 2.79. The van der Waals surface area contributed by atoms with Crippen LogP contribution in [-0.4, -0.2) is 17.4 Å². The number of Topliss-reactive ketones (excluding diaryl/α,β-unsaturated/α-hetero) is 1. The summed E-state index contributed by atoms with van der Waals surface area (Å²) in [6.07, 6.45) is 1.12. The maximum atomic E-state index is 13.3. The standard InChI is InChI=1S/C28H28ClN3O2S/c1-16-6-5-7-21(17(16)2)31-24(34)15-35-27-20(14-30)25(18-8-10-19(29)11-9-18)26-22(32-27)12-28(3,4)13-23(26)33/h5-11,25,32H,12-13,15H2,1-4H3,(H,31,34)/t25-/m0/s1. The highest BCUT2D eigenvalue weighted by Crippen LogP contribution is 2.47. The third-order valence-corrected chi connectivity index (χ3v) is 7.83. The summed E-state index contributed by atoms with van der Waals surface area (Å²) in [7, 11) is 0. The molecule has 1 aliphatic carbocycles. The summed E-state index contributed by atoms with van der Waals surface area (Å²) in [4.78, 5) is 26.1. The van der Waals surface area contributed by atoms with Gasteiger partial charge < -0.3 is 10.6 Å². The van der Waals surface area contributed by atoms with Gasteiger partial charge in [0.15, 0.2) is 5.78 Å². The first-order valence-corrected chi connectivity index (χ1v) is 12.9. The minimum absolute atomic E-state index is 0.0492. The maximum Gasteiger partial charge on any atom is 0.234 e. The number of anilines is 1. The summed E-state index contributed by atoms with van der Waals surface area (Å²) in [6, 6.07) is 15.4. The van der Waals surface area contributed by atoms with Crippen LogP contribution in [0.5, 0.6) is 0 Å². The van der Waals surface area contributed by atoms with Gasteiger partial charge in [0.25, 0.3) is 0 Å². The van der Waals surface area contributed by atoms with Crippen molar-refractivity contribution in [2.45, 2.75) is 46.5 Å². The molecule has 0 saturated heterocycles. The van der Waals surface area contributed by atoms with Crippen molar-refractivity contribution in [3.8, 4) is 6.07 Å². The van der Waals surface area contributed by atoms with Crippen LogP contribution in [0, 0.1) is 30.6 Å². The van der Waals surface area contributed by atoms with Crippen LogP contribution in [0.25, 0.3) is 0 Å². The van der Waals surface area contributed by atoms with Gasteiger partial charge in [-0.05, 0) is 60.6 Å². The number of dihydropyridines is 1. The number of hydrogen-bond donors (Lipinski definition) is 2. The van der Waals surface area contributed by atoms with Crippen LogP contribution in [0.1, 0.15) is 49.3 Å². The number of carbonyl (C=O) groups is 2. The van der Waals surface area contributed by atoms with Gasteiger partial charge in [0.05, 0.1) is 28.3 Å². The number of allylic oxidation sites excluding steroid dienone is 3. The number of rotatable bonds is 5. The molecule has 180 valence electrons.